The van der Waals surface area contributed by atoms with E-state index < -0.39 is 5.97 Å². The van der Waals surface area contributed by atoms with Crippen LogP contribution in [0.1, 0.15) is 10.4 Å². The molecule has 5 heteroatoms. The molecule has 0 radical (unpaired) electrons. The Bertz CT molecular complexity index is 899. The van der Waals surface area contributed by atoms with Gasteiger partial charge in [-0.25, -0.2) is 4.79 Å². The Kier molecular flexibility index (Phi) is 4.95. The number of nitrogens with one attached hydrogen (secondary N) is 1. The Morgan fingerprint density at radius 2 is 1.80 bits per heavy atom. The molecule has 0 aliphatic carbocycles. The van der Waals surface area contributed by atoms with Crippen LogP contribution in [0.3, 0.4) is 0 Å². The van der Waals surface area contributed by atoms with E-state index >= 15 is 0 Å². The molecule has 1 aromatic heterocycles. The molecular weight excluding hydrogens is 316 g/mol. The van der Waals surface area contributed by atoms with E-state index in [4.69, 9.17) is 4.74 Å². The summed E-state index contributed by atoms with van der Waals surface area (Å²) in [6.45, 7) is 3.68. The first kappa shape index (κ1) is 16.5. The number of aromatic nitrogens is 1. The van der Waals surface area contributed by atoms with Crippen molar-refractivity contribution >= 4 is 28.5 Å². The summed E-state index contributed by atoms with van der Waals surface area (Å²) in [5.41, 5.74) is 1.99. The molecule has 1 N–H and O–H groups in total. The van der Waals surface area contributed by atoms with Crippen LogP contribution in [0.2, 0.25) is 0 Å². The normalized spacial score (nSPS) is 10.4. The van der Waals surface area contributed by atoms with Gasteiger partial charge in [-0.3, -0.25) is 4.79 Å². The second kappa shape index (κ2) is 7.49. The van der Waals surface area contributed by atoms with Gasteiger partial charge < -0.3 is 14.6 Å². The minimum atomic E-state index is -0.530. The first-order valence-corrected chi connectivity index (χ1v) is 7.90. The maximum atomic E-state index is 12.5. The summed E-state index contributed by atoms with van der Waals surface area (Å²) < 4.78 is 5.22. The van der Waals surface area contributed by atoms with Crippen molar-refractivity contribution in [2.75, 3.05) is 18.1 Å². The molecule has 5 nitrogen and oxygen atoms in total. The molecule has 0 fully saturated rings. The fourth-order valence-corrected chi connectivity index (χ4v) is 2.61. The number of carbonyl (C=O) groups is 2. The lowest BCUT2D eigenvalue weighted by Crippen LogP contribution is -2.34. The molecule has 0 atom stereocenters. The lowest BCUT2D eigenvalue weighted by atomic mass is 10.2. The minimum Gasteiger partial charge on any atom is -0.452 e. The smallest absolute Gasteiger partial charge is 0.340 e. The van der Waals surface area contributed by atoms with Crippen LogP contribution in [0.4, 0.5) is 5.69 Å². The van der Waals surface area contributed by atoms with E-state index in [1.54, 1.807) is 12.3 Å². The summed E-state index contributed by atoms with van der Waals surface area (Å²) >= 11 is 0. The maximum absolute atomic E-state index is 12.5. The molecule has 1 heterocycles. The van der Waals surface area contributed by atoms with Crippen LogP contribution in [0.25, 0.3) is 10.9 Å². The van der Waals surface area contributed by atoms with Crippen LogP contribution in [-0.4, -0.2) is 30.0 Å². The third-order valence-electron chi connectivity index (χ3n) is 3.82. The van der Waals surface area contributed by atoms with Crippen molar-refractivity contribution in [2.24, 2.45) is 0 Å². The van der Waals surface area contributed by atoms with Crippen LogP contribution in [0.5, 0.6) is 0 Å². The number of aromatic amines is 1. The van der Waals surface area contributed by atoms with Crippen LogP contribution < -0.4 is 4.90 Å². The first-order valence-electron chi connectivity index (χ1n) is 7.90. The maximum Gasteiger partial charge on any atom is 0.340 e. The van der Waals surface area contributed by atoms with Gasteiger partial charge in [-0.15, -0.1) is 6.58 Å². The Balaban J connectivity index is 1.70. The van der Waals surface area contributed by atoms with E-state index in [0.717, 1.165) is 16.6 Å². The molecule has 2 aromatic carbocycles. The summed E-state index contributed by atoms with van der Waals surface area (Å²) in [5.74, 6) is -0.836. The van der Waals surface area contributed by atoms with Gasteiger partial charge in [0, 0.05) is 29.3 Å². The van der Waals surface area contributed by atoms with E-state index in [-0.39, 0.29) is 12.5 Å². The highest BCUT2D eigenvalue weighted by atomic mass is 16.5. The molecule has 0 spiro atoms. The van der Waals surface area contributed by atoms with Crippen molar-refractivity contribution in [3.8, 4) is 0 Å². The van der Waals surface area contributed by atoms with Gasteiger partial charge in [0.15, 0.2) is 6.61 Å². The largest absolute Gasteiger partial charge is 0.452 e. The molecule has 3 aromatic rings. The summed E-state index contributed by atoms with van der Waals surface area (Å²) in [7, 11) is 0. The van der Waals surface area contributed by atoms with Crippen molar-refractivity contribution in [1.29, 1.82) is 0 Å². The standard InChI is InChI=1S/C20H18N2O3/c1-2-12-22(15-8-4-3-5-9-15)19(23)14-25-20(24)17-13-21-18-11-7-6-10-16(17)18/h2-11,13,21H,1,12,14H2. The third kappa shape index (κ3) is 3.61. The summed E-state index contributed by atoms with van der Waals surface area (Å²) in [6, 6.07) is 16.6. The highest BCUT2D eigenvalue weighted by Gasteiger charge is 2.18. The van der Waals surface area contributed by atoms with Crippen molar-refractivity contribution in [3.05, 3.63) is 79.0 Å². The molecular formula is C20H18N2O3. The van der Waals surface area contributed by atoms with E-state index in [1.165, 1.54) is 4.90 Å². The zero-order valence-corrected chi connectivity index (χ0v) is 13.6. The minimum absolute atomic E-state index is 0.306. The molecule has 1 amide bonds. The Labute approximate surface area is 145 Å². The summed E-state index contributed by atoms with van der Waals surface area (Å²) in [5, 5.41) is 0.769. The Morgan fingerprint density at radius 3 is 2.56 bits per heavy atom. The molecule has 3 rings (SSSR count). The van der Waals surface area contributed by atoms with Gasteiger partial charge in [0.2, 0.25) is 0 Å². The number of nitrogens with zero attached hydrogens (tertiary/aromatic N) is 1. The molecule has 0 unspecified atom stereocenters. The number of benzene rings is 2. The number of H-pyrrole nitrogens is 1. The lowest BCUT2D eigenvalue weighted by molar-refractivity contribution is -0.121. The summed E-state index contributed by atoms with van der Waals surface area (Å²) in [6.07, 6.45) is 3.22. The number of amides is 1. The molecule has 25 heavy (non-hydrogen) atoms. The number of ether oxygens (including phenoxy) is 1. The number of fused-ring (bicyclic) bond motifs is 1. The van der Waals surface area contributed by atoms with Crippen molar-refractivity contribution in [1.82, 2.24) is 4.98 Å². The Morgan fingerprint density at radius 1 is 1.08 bits per heavy atom. The molecule has 0 aliphatic heterocycles. The van der Waals surface area contributed by atoms with Crippen LogP contribution >= 0.6 is 0 Å². The number of hydrogen-bond donors (Lipinski definition) is 1. The van der Waals surface area contributed by atoms with E-state index in [1.807, 2.05) is 54.6 Å². The highest BCUT2D eigenvalue weighted by Crippen LogP contribution is 2.19. The average molecular weight is 334 g/mol. The fraction of sp³-hybridized carbons (Fsp3) is 0.100. The van der Waals surface area contributed by atoms with Crippen LogP contribution in [0, 0.1) is 0 Å². The zero-order chi connectivity index (χ0) is 17.6. The molecule has 0 saturated heterocycles. The number of esters is 1. The third-order valence-corrected chi connectivity index (χ3v) is 3.82. The predicted molar refractivity (Wildman–Crippen MR) is 97.6 cm³/mol. The van der Waals surface area contributed by atoms with Gasteiger partial charge in [-0.05, 0) is 18.2 Å². The van der Waals surface area contributed by atoms with E-state index in [2.05, 4.69) is 11.6 Å². The number of hydrogen-bond acceptors (Lipinski definition) is 3. The average Bonchev–Trinajstić information content (AvgIpc) is 3.09. The fourth-order valence-electron chi connectivity index (χ4n) is 2.61. The van der Waals surface area contributed by atoms with Crippen molar-refractivity contribution < 1.29 is 14.3 Å². The first-order chi connectivity index (χ1) is 12.2. The van der Waals surface area contributed by atoms with Gasteiger partial charge in [0.25, 0.3) is 5.91 Å². The highest BCUT2D eigenvalue weighted by molar-refractivity contribution is 6.05. The zero-order valence-electron chi connectivity index (χ0n) is 13.6. The number of para-hydroxylation sites is 2. The number of rotatable bonds is 6. The lowest BCUT2D eigenvalue weighted by Gasteiger charge is -2.21. The van der Waals surface area contributed by atoms with Gasteiger partial charge in [0.1, 0.15) is 0 Å². The van der Waals surface area contributed by atoms with Crippen molar-refractivity contribution in [3.63, 3.8) is 0 Å². The number of carbonyl (C=O) groups excluding carboxylic acids is 2. The molecule has 0 saturated carbocycles. The van der Waals surface area contributed by atoms with Gasteiger partial charge in [-0.2, -0.15) is 0 Å². The topological polar surface area (TPSA) is 62.4 Å². The quantitative estimate of drug-likeness (QED) is 0.554. The van der Waals surface area contributed by atoms with Crippen LogP contribution in [-0.2, 0) is 9.53 Å². The molecule has 0 bridgehead atoms. The van der Waals surface area contributed by atoms with Crippen LogP contribution in [0.15, 0.2) is 73.4 Å². The monoisotopic (exact) mass is 334 g/mol. The second-order valence-corrected chi connectivity index (χ2v) is 5.45. The second-order valence-electron chi connectivity index (χ2n) is 5.45. The molecule has 0 aliphatic rings. The van der Waals surface area contributed by atoms with Gasteiger partial charge in [0.05, 0.1) is 5.56 Å². The SMILES string of the molecule is C=CCN(C(=O)COC(=O)c1c[nH]c2ccccc12)c1ccccc1. The summed E-state index contributed by atoms with van der Waals surface area (Å²) in [4.78, 5) is 29.3. The number of anilines is 1. The predicted octanol–water partition coefficient (Wildman–Crippen LogP) is 3.54. The van der Waals surface area contributed by atoms with Gasteiger partial charge >= 0.3 is 5.97 Å². The van der Waals surface area contributed by atoms with Crippen molar-refractivity contribution in [2.45, 2.75) is 0 Å². The molecule has 126 valence electrons. The Hall–Kier alpha value is -3.34. The van der Waals surface area contributed by atoms with Gasteiger partial charge in [-0.1, -0.05) is 42.5 Å². The van der Waals surface area contributed by atoms with E-state index in [0.29, 0.717) is 12.1 Å². The van der Waals surface area contributed by atoms with E-state index in [9.17, 15) is 9.59 Å².